The standard InChI is InChI=1S/C66H42N8/c1-5-23-43(24-6-1)61-67-62(44-25-7-2-8-26-44)70-65(69-61)73-55-39-19-17-35-53(55)59-51(37-21-41-57(59)73)49-33-15-13-31-47(49)48-32-14-16-34-50(48)52-38-22-42-58-60(52)54-36-18-20-40-56(54)74(58)66-71-63(45-27-9-3-10-28-45)68-64(72-66)46-29-11-4-12-30-46/h1-42H. The van der Waals surface area contributed by atoms with Crippen LogP contribution in [0.15, 0.2) is 255 Å². The van der Waals surface area contributed by atoms with Crippen LogP contribution < -0.4 is 0 Å². The molecule has 74 heavy (non-hydrogen) atoms. The summed E-state index contributed by atoms with van der Waals surface area (Å²) < 4.78 is 4.39. The lowest BCUT2D eigenvalue weighted by Crippen LogP contribution is -2.06. The zero-order valence-corrected chi connectivity index (χ0v) is 39.8. The summed E-state index contributed by atoms with van der Waals surface area (Å²) >= 11 is 0. The highest BCUT2D eigenvalue weighted by Crippen LogP contribution is 2.46. The highest BCUT2D eigenvalue weighted by Gasteiger charge is 2.24. The van der Waals surface area contributed by atoms with Gasteiger partial charge < -0.3 is 0 Å². The molecule has 0 unspecified atom stereocenters. The zero-order valence-electron chi connectivity index (χ0n) is 39.8. The van der Waals surface area contributed by atoms with Crippen LogP contribution in [0.2, 0.25) is 0 Å². The van der Waals surface area contributed by atoms with E-state index in [4.69, 9.17) is 29.9 Å². The minimum Gasteiger partial charge on any atom is -0.278 e. The van der Waals surface area contributed by atoms with Crippen LogP contribution in [0.25, 0.3) is 134 Å². The van der Waals surface area contributed by atoms with Crippen LogP contribution >= 0.6 is 0 Å². The van der Waals surface area contributed by atoms with Gasteiger partial charge in [-0.25, -0.2) is 9.97 Å². The van der Waals surface area contributed by atoms with E-state index in [1.165, 1.54) is 0 Å². The molecule has 0 amide bonds. The van der Waals surface area contributed by atoms with Crippen LogP contribution in [0.4, 0.5) is 0 Å². The van der Waals surface area contributed by atoms with Crippen LogP contribution in [-0.4, -0.2) is 39.0 Å². The van der Waals surface area contributed by atoms with Crippen LogP contribution in [0.3, 0.4) is 0 Å². The Kier molecular flexibility index (Phi) is 10.3. The first-order chi connectivity index (χ1) is 36.7. The number of rotatable bonds is 9. The Morgan fingerprint density at radius 2 is 0.459 bits per heavy atom. The van der Waals surface area contributed by atoms with Crippen LogP contribution in [0, 0.1) is 0 Å². The molecule has 10 aromatic carbocycles. The SMILES string of the molecule is c1ccc(-c2nc(-c3ccccc3)nc(-n3c4ccccc4c4c(-c5ccccc5-c5ccccc5-c5cccc6c5c5ccccc5n6-c5nc(-c6ccccc6)nc(-c6ccccc6)n5)cccc43)n2)cc1. The third kappa shape index (κ3) is 7.23. The Balaban J connectivity index is 0.962. The van der Waals surface area contributed by atoms with Gasteiger partial charge in [-0.1, -0.05) is 231 Å². The van der Waals surface area contributed by atoms with Crippen LogP contribution in [0.5, 0.6) is 0 Å². The predicted octanol–water partition coefficient (Wildman–Crippen LogP) is 15.9. The van der Waals surface area contributed by atoms with E-state index in [0.717, 1.165) is 99.2 Å². The number of hydrogen-bond donors (Lipinski definition) is 0. The molecule has 0 N–H and O–H groups in total. The van der Waals surface area contributed by atoms with Gasteiger partial charge in [0.05, 0.1) is 22.1 Å². The monoisotopic (exact) mass is 946 g/mol. The first-order valence-electron chi connectivity index (χ1n) is 24.7. The Morgan fingerprint density at radius 1 is 0.203 bits per heavy atom. The maximum absolute atomic E-state index is 5.22. The van der Waals surface area contributed by atoms with Crippen molar-refractivity contribution in [3.63, 3.8) is 0 Å². The zero-order chi connectivity index (χ0) is 49.0. The molecule has 0 bridgehead atoms. The predicted molar refractivity (Wildman–Crippen MR) is 300 cm³/mol. The van der Waals surface area contributed by atoms with Gasteiger partial charge in [-0.05, 0) is 57.6 Å². The van der Waals surface area contributed by atoms with E-state index in [-0.39, 0.29) is 0 Å². The topological polar surface area (TPSA) is 87.2 Å². The van der Waals surface area contributed by atoms with Crippen molar-refractivity contribution in [3.05, 3.63) is 255 Å². The van der Waals surface area contributed by atoms with E-state index in [2.05, 4.69) is 143 Å². The normalized spacial score (nSPS) is 11.5. The quantitative estimate of drug-likeness (QED) is 0.143. The smallest absolute Gasteiger partial charge is 0.238 e. The van der Waals surface area contributed by atoms with Crippen molar-refractivity contribution in [3.8, 4) is 90.8 Å². The van der Waals surface area contributed by atoms with Crippen molar-refractivity contribution >= 4 is 43.6 Å². The van der Waals surface area contributed by atoms with Gasteiger partial charge in [0.1, 0.15) is 0 Å². The lowest BCUT2D eigenvalue weighted by molar-refractivity contribution is 0.953. The molecule has 0 atom stereocenters. The molecule has 0 fully saturated rings. The Labute approximate surface area is 426 Å². The summed E-state index contributed by atoms with van der Waals surface area (Å²) in [4.78, 5) is 30.9. The van der Waals surface area contributed by atoms with Gasteiger partial charge >= 0.3 is 0 Å². The second-order valence-electron chi connectivity index (χ2n) is 18.2. The summed E-state index contributed by atoms with van der Waals surface area (Å²) in [6.07, 6.45) is 0. The average molecular weight is 947 g/mol. The molecule has 14 aromatic rings. The molecule has 0 radical (unpaired) electrons. The second kappa shape index (κ2) is 17.9. The van der Waals surface area contributed by atoms with Crippen LogP contribution in [0.1, 0.15) is 0 Å². The molecule has 14 rings (SSSR count). The van der Waals surface area contributed by atoms with Crippen molar-refractivity contribution in [1.82, 2.24) is 39.0 Å². The third-order valence-corrected chi connectivity index (χ3v) is 13.9. The maximum Gasteiger partial charge on any atom is 0.238 e. The molecule has 0 spiro atoms. The average Bonchev–Trinajstić information content (AvgIpc) is 4.05. The van der Waals surface area contributed by atoms with Crippen molar-refractivity contribution < 1.29 is 0 Å². The number of nitrogens with zero attached hydrogens (tertiary/aromatic N) is 8. The van der Waals surface area contributed by atoms with E-state index in [1.807, 2.05) is 121 Å². The molecule has 346 valence electrons. The molecule has 4 aromatic heterocycles. The Hall–Kier alpha value is -10.2. The number of benzene rings is 10. The largest absolute Gasteiger partial charge is 0.278 e. The molecule has 4 heterocycles. The molecule has 8 nitrogen and oxygen atoms in total. The number of hydrogen-bond acceptors (Lipinski definition) is 6. The highest BCUT2D eigenvalue weighted by molar-refractivity contribution is 6.19. The van der Waals surface area contributed by atoms with E-state index < -0.39 is 0 Å². The van der Waals surface area contributed by atoms with Gasteiger partial charge in [-0.15, -0.1) is 0 Å². The van der Waals surface area contributed by atoms with Crippen molar-refractivity contribution in [2.45, 2.75) is 0 Å². The lowest BCUT2D eigenvalue weighted by Gasteiger charge is -2.17. The third-order valence-electron chi connectivity index (χ3n) is 13.9. The minimum atomic E-state index is 0.552. The van der Waals surface area contributed by atoms with Crippen molar-refractivity contribution in [2.24, 2.45) is 0 Å². The molecule has 8 heteroatoms. The number of fused-ring (bicyclic) bond motifs is 6. The first kappa shape index (κ1) is 42.7. The summed E-state index contributed by atoms with van der Waals surface area (Å²) in [6, 6.07) is 88.4. The number of aromatic nitrogens is 8. The molecule has 0 aliphatic rings. The van der Waals surface area contributed by atoms with E-state index in [0.29, 0.717) is 35.2 Å². The maximum atomic E-state index is 5.22. The van der Waals surface area contributed by atoms with Crippen molar-refractivity contribution in [2.75, 3.05) is 0 Å². The first-order valence-corrected chi connectivity index (χ1v) is 24.7. The van der Waals surface area contributed by atoms with Gasteiger partial charge in [0, 0.05) is 43.8 Å². The fourth-order valence-corrected chi connectivity index (χ4v) is 10.6. The molecular weight excluding hydrogens is 905 g/mol. The highest BCUT2D eigenvalue weighted by atomic mass is 15.2. The lowest BCUT2D eigenvalue weighted by atomic mass is 9.87. The van der Waals surface area contributed by atoms with Crippen LogP contribution in [-0.2, 0) is 0 Å². The van der Waals surface area contributed by atoms with Gasteiger partial charge in [0.15, 0.2) is 23.3 Å². The molecular formula is C66H42N8. The molecule has 0 aliphatic heterocycles. The summed E-state index contributed by atoms with van der Waals surface area (Å²) in [5.41, 5.74) is 14.4. The van der Waals surface area contributed by atoms with Gasteiger partial charge in [0.25, 0.3) is 0 Å². The summed E-state index contributed by atoms with van der Waals surface area (Å²) in [5.74, 6) is 3.54. The Morgan fingerprint density at radius 3 is 0.797 bits per heavy atom. The molecule has 0 saturated carbocycles. The fourth-order valence-electron chi connectivity index (χ4n) is 10.6. The Bertz CT molecular complexity index is 4010. The summed E-state index contributed by atoms with van der Waals surface area (Å²) in [6.45, 7) is 0. The fraction of sp³-hybridized carbons (Fsp3) is 0. The second-order valence-corrected chi connectivity index (χ2v) is 18.2. The molecule has 0 aliphatic carbocycles. The van der Waals surface area contributed by atoms with E-state index >= 15 is 0 Å². The molecule has 0 saturated heterocycles. The van der Waals surface area contributed by atoms with Gasteiger partial charge in [-0.3, -0.25) is 9.13 Å². The summed E-state index contributed by atoms with van der Waals surface area (Å²) in [5, 5.41) is 4.43. The van der Waals surface area contributed by atoms with E-state index in [1.54, 1.807) is 0 Å². The minimum absolute atomic E-state index is 0.552. The van der Waals surface area contributed by atoms with Gasteiger partial charge in [0.2, 0.25) is 11.9 Å². The summed E-state index contributed by atoms with van der Waals surface area (Å²) in [7, 11) is 0. The van der Waals surface area contributed by atoms with Crippen molar-refractivity contribution in [1.29, 1.82) is 0 Å². The van der Waals surface area contributed by atoms with Gasteiger partial charge in [-0.2, -0.15) is 19.9 Å². The number of para-hydroxylation sites is 2. The van der Waals surface area contributed by atoms with E-state index in [9.17, 15) is 0 Å².